The van der Waals surface area contributed by atoms with Crippen LogP contribution in [0.3, 0.4) is 0 Å². The van der Waals surface area contributed by atoms with Crippen molar-refractivity contribution >= 4 is 11.9 Å². The summed E-state index contributed by atoms with van der Waals surface area (Å²) in [5, 5.41) is 0. The number of hydrogen-bond donors (Lipinski definition) is 0. The smallest absolute Gasteiger partial charge is 0.0583 e. The van der Waals surface area contributed by atoms with Crippen molar-refractivity contribution < 1.29 is 0 Å². The average molecular weight is 206 g/mol. The minimum atomic E-state index is 0.436. The number of rotatable bonds is 0. The molecule has 2 heteroatoms. The molecule has 0 spiro atoms. The normalized spacial score (nSPS) is 23.1. The number of anilines is 1. The Bertz CT molecular complexity index is 591. The molecule has 0 fully saturated rings. The van der Waals surface area contributed by atoms with Gasteiger partial charge in [-0.15, -0.1) is 0 Å². The monoisotopic (exact) mass is 206 g/mol. The first-order chi connectivity index (χ1) is 7.95. The molecule has 1 aromatic rings. The summed E-state index contributed by atoms with van der Waals surface area (Å²) in [6, 6.07) is 6.44. The fourth-order valence-corrected chi connectivity index (χ4v) is 2.69. The fourth-order valence-electron chi connectivity index (χ4n) is 2.69. The van der Waals surface area contributed by atoms with Crippen molar-refractivity contribution in [2.75, 3.05) is 4.90 Å². The Kier molecular flexibility index (Phi) is 1.38. The third kappa shape index (κ3) is 0.847. The molecule has 0 amide bonds. The lowest BCUT2D eigenvalue weighted by Crippen LogP contribution is -2.10. The van der Waals surface area contributed by atoms with Gasteiger partial charge >= 0.3 is 0 Å². The van der Waals surface area contributed by atoms with Gasteiger partial charge in [-0.05, 0) is 11.6 Å². The molecule has 2 aliphatic heterocycles. The Hall–Kier alpha value is -2.09. The number of hydrogen-bond acceptors (Lipinski definition) is 2. The second-order valence-corrected chi connectivity index (χ2v) is 4.19. The minimum absolute atomic E-state index is 0.436. The third-order valence-electron chi connectivity index (χ3n) is 3.36. The molecule has 1 unspecified atom stereocenters. The first-order valence-electron chi connectivity index (χ1n) is 5.45. The molecule has 4 rings (SSSR count). The van der Waals surface area contributed by atoms with Crippen molar-refractivity contribution in [2.24, 2.45) is 4.99 Å². The van der Waals surface area contributed by atoms with Crippen LogP contribution in [0.15, 0.2) is 59.5 Å². The van der Waals surface area contributed by atoms with E-state index in [2.05, 4.69) is 46.3 Å². The fraction of sp³-hybridized carbons (Fsp3) is 0.0714. The molecular weight excluding hydrogens is 196 g/mol. The molecule has 0 aromatic heterocycles. The Balaban J connectivity index is 2.08. The van der Waals surface area contributed by atoms with E-state index >= 15 is 0 Å². The molecule has 2 heterocycles. The van der Waals surface area contributed by atoms with Crippen LogP contribution in [0.25, 0.3) is 0 Å². The second kappa shape index (κ2) is 2.73. The van der Waals surface area contributed by atoms with Crippen molar-refractivity contribution in [3.05, 3.63) is 65.7 Å². The van der Waals surface area contributed by atoms with Gasteiger partial charge in [0.1, 0.15) is 0 Å². The molecule has 0 saturated heterocycles. The van der Waals surface area contributed by atoms with Crippen LogP contribution in [0.1, 0.15) is 17.0 Å². The average Bonchev–Trinajstić information content (AvgIpc) is 2.80. The SMILES string of the molecule is C1=CC2C(=C1)N1C=CN=Cc3cccc2c31. The molecule has 0 radical (unpaired) electrons. The van der Waals surface area contributed by atoms with Crippen molar-refractivity contribution in [3.8, 4) is 0 Å². The molecule has 1 aliphatic carbocycles. The van der Waals surface area contributed by atoms with Crippen molar-refractivity contribution in [1.82, 2.24) is 0 Å². The quantitative estimate of drug-likeness (QED) is 0.637. The van der Waals surface area contributed by atoms with Gasteiger partial charge in [-0.25, -0.2) is 0 Å². The van der Waals surface area contributed by atoms with E-state index in [1.807, 2.05) is 18.6 Å². The number of fused-ring (bicyclic) bond motifs is 3. The summed E-state index contributed by atoms with van der Waals surface area (Å²) in [4.78, 5) is 6.51. The van der Waals surface area contributed by atoms with Gasteiger partial charge in [0, 0.05) is 35.8 Å². The highest BCUT2D eigenvalue weighted by atomic mass is 15.2. The van der Waals surface area contributed by atoms with E-state index in [0.717, 1.165) is 0 Å². The number of aliphatic imine (C=N–C) groups is 1. The lowest BCUT2D eigenvalue weighted by molar-refractivity contribution is 1.04. The van der Waals surface area contributed by atoms with Crippen LogP contribution in [-0.4, -0.2) is 6.21 Å². The molecule has 3 aliphatic rings. The van der Waals surface area contributed by atoms with E-state index in [4.69, 9.17) is 0 Å². The van der Waals surface area contributed by atoms with Gasteiger partial charge < -0.3 is 4.90 Å². The van der Waals surface area contributed by atoms with Crippen LogP contribution in [0.5, 0.6) is 0 Å². The van der Waals surface area contributed by atoms with Crippen LogP contribution in [-0.2, 0) is 0 Å². The molecule has 16 heavy (non-hydrogen) atoms. The molecule has 0 bridgehead atoms. The Morgan fingerprint density at radius 1 is 1.25 bits per heavy atom. The van der Waals surface area contributed by atoms with Crippen molar-refractivity contribution in [2.45, 2.75) is 5.92 Å². The lowest BCUT2D eigenvalue weighted by atomic mass is 9.99. The van der Waals surface area contributed by atoms with Gasteiger partial charge in [0.05, 0.1) is 5.69 Å². The molecule has 2 nitrogen and oxygen atoms in total. The molecule has 0 saturated carbocycles. The second-order valence-electron chi connectivity index (χ2n) is 4.19. The summed E-state index contributed by atoms with van der Waals surface area (Å²) >= 11 is 0. The summed E-state index contributed by atoms with van der Waals surface area (Å²) in [5.74, 6) is 0.436. The van der Waals surface area contributed by atoms with Crippen LogP contribution in [0, 0.1) is 0 Å². The number of nitrogens with zero attached hydrogens (tertiary/aromatic N) is 2. The first kappa shape index (κ1) is 8.11. The maximum atomic E-state index is 4.26. The van der Waals surface area contributed by atoms with E-state index < -0.39 is 0 Å². The highest BCUT2D eigenvalue weighted by Crippen LogP contribution is 2.48. The zero-order valence-electron chi connectivity index (χ0n) is 8.67. The number of para-hydroxylation sites is 1. The largest absolute Gasteiger partial charge is 0.317 e. The van der Waals surface area contributed by atoms with Crippen LogP contribution < -0.4 is 4.90 Å². The zero-order chi connectivity index (χ0) is 10.5. The van der Waals surface area contributed by atoms with E-state index in [1.165, 1.54) is 22.5 Å². The lowest BCUT2D eigenvalue weighted by Gasteiger charge is -2.16. The van der Waals surface area contributed by atoms with Crippen molar-refractivity contribution in [3.63, 3.8) is 0 Å². The highest BCUT2D eigenvalue weighted by molar-refractivity contribution is 5.94. The zero-order valence-corrected chi connectivity index (χ0v) is 8.67. The first-order valence-corrected chi connectivity index (χ1v) is 5.45. The Morgan fingerprint density at radius 2 is 2.25 bits per heavy atom. The van der Waals surface area contributed by atoms with E-state index in [9.17, 15) is 0 Å². The van der Waals surface area contributed by atoms with Gasteiger partial charge in [0.15, 0.2) is 0 Å². The standard InChI is InChI=1S/C14H10N2/c1-3-10-9-15-7-8-16-13-6-2-4-11(13)12(5-1)14(10)16/h1-9,11H. The maximum absolute atomic E-state index is 4.26. The van der Waals surface area contributed by atoms with Gasteiger partial charge in [0.25, 0.3) is 0 Å². The summed E-state index contributed by atoms with van der Waals surface area (Å²) < 4.78 is 0. The van der Waals surface area contributed by atoms with Gasteiger partial charge in [-0.2, -0.15) is 0 Å². The van der Waals surface area contributed by atoms with E-state index in [1.54, 1.807) is 0 Å². The molecule has 76 valence electrons. The molecule has 1 aromatic carbocycles. The summed E-state index contributed by atoms with van der Waals surface area (Å²) in [6.45, 7) is 0. The molecule has 0 N–H and O–H groups in total. The van der Waals surface area contributed by atoms with Gasteiger partial charge in [-0.1, -0.05) is 30.4 Å². The van der Waals surface area contributed by atoms with E-state index in [-0.39, 0.29) is 0 Å². The summed E-state index contributed by atoms with van der Waals surface area (Å²) in [6.07, 6.45) is 12.4. The number of allylic oxidation sites excluding steroid dienone is 3. The number of benzene rings is 1. The predicted molar refractivity (Wildman–Crippen MR) is 65.6 cm³/mol. The predicted octanol–water partition coefficient (Wildman–Crippen LogP) is 2.95. The topological polar surface area (TPSA) is 15.6 Å². The Labute approximate surface area is 93.9 Å². The minimum Gasteiger partial charge on any atom is -0.317 e. The van der Waals surface area contributed by atoms with Gasteiger partial charge in [0.2, 0.25) is 0 Å². The van der Waals surface area contributed by atoms with Crippen LogP contribution in [0.4, 0.5) is 5.69 Å². The third-order valence-corrected chi connectivity index (χ3v) is 3.36. The Morgan fingerprint density at radius 3 is 3.25 bits per heavy atom. The van der Waals surface area contributed by atoms with Crippen LogP contribution >= 0.6 is 0 Å². The maximum Gasteiger partial charge on any atom is 0.0583 e. The summed E-state index contributed by atoms with van der Waals surface area (Å²) in [5.41, 5.74) is 5.21. The van der Waals surface area contributed by atoms with E-state index in [0.29, 0.717) is 5.92 Å². The van der Waals surface area contributed by atoms with Gasteiger partial charge in [-0.3, -0.25) is 4.99 Å². The molecular formula is C14H10N2. The van der Waals surface area contributed by atoms with Crippen molar-refractivity contribution in [1.29, 1.82) is 0 Å². The highest BCUT2D eigenvalue weighted by Gasteiger charge is 2.34. The molecule has 1 atom stereocenters. The summed E-state index contributed by atoms with van der Waals surface area (Å²) in [7, 11) is 0. The van der Waals surface area contributed by atoms with Crippen LogP contribution in [0.2, 0.25) is 0 Å².